The van der Waals surface area contributed by atoms with Crippen LogP contribution in [0, 0.1) is 11.8 Å². The Morgan fingerprint density at radius 2 is 2.16 bits per heavy atom. The number of ether oxygens (including phenoxy) is 2. The van der Waals surface area contributed by atoms with Crippen LogP contribution in [0.25, 0.3) is 0 Å². The van der Waals surface area contributed by atoms with Gasteiger partial charge >= 0.3 is 0 Å². The van der Waals surface area contributed by atoms with Crippen LogP contribution < -0.4 is 11.1 Å². The summed E-state index contributed by atoms with van der Waals surface area (Å²) in [5, 5.41) is 2.95. The van der Waals surface area contributed by atoms with Crippen LogP contribution in [-0.4, -0.2) is 45.4 Å². The molecule has 0 aromatic carbocycles. The van der Waals surface area contributed by atoms with E-state index in [9.17, 15) is 4.79 Å². The molecular weight excluding hydrogens is 244 g/mol. The van der Waals surface area contributed by atoms with Gasteiger partial charge in [0.2, 0.25) is 5.91 Å². The van der Waals surface area contributed by atoms with Gasteiger partial charge in [0.05, 0.1) is 12.7 Å². The first-order chi connectivity index (χ1) is 9.08. The van der Waals surface area contributed by atoms with Gasteiger partial charge in [0.15, 0.2) is 0 Å². The van der Waals surface area contributed by atoms with E-state index in [0.29, 0.717) is 19.1 Å². The van der Waals surface area contributed by atoms with E-state index in [1.54, 1.807) is 14.2 Å². The topological polar surface area (TPSA) is 73.6 Å². The van der Waals surface area contributed by atoms with Crippen LogP contribution in [0.3, 0.4) is 0 Å². The smallest absolute Gasteiger partial charge is 0.223 e. The molecule has 1 aliphatic carbocycles. The van der Waals surface area contributed by atoms with E-state index in [-0.39, 0.29) is 24.0 Å². The quantitative estimate of drug-likeness (QED) is 0.723. The summed E-state index contributed by atoms with van der Waals surface area (Å²) < 4.78 is 10.2. The molecule has 1 fully saturated rings. The molecule has 4 atom stereocenters. The highest BCUT2D eigenvalue weighted by atomic mass is 16.5. The molecule has 3 N–H and O–H groups in total. The van der Waals surface area contributed by atoms with Crippen molar-refractivity contribution in [2.75, 3.05) is 27.4 Å². The van der Waals surface area contributed by atoms with Crippen molar-refractivity contribution in [2.24, 2.45) is 17.6 Å². The van der Waals surface area contributed by atoms with Crippen molar-refractivity contribution in [3.8, 4) is 0 Å². The fourth-order valence-electron chi connectivity index (χ4n) is 2.71. The fraction of sp³-hybridized carbons (Fsp3) is 0.929. The van der Waals surface area contributed by atoms with Gasteiger partial charge in [-0.25, -0.2) is 0 Å². The maximum Gasteiger partial charge on any atom is 0.223 e. The molecule has 0 heterocycles. The maximum absolute atomic E-state index is 12.1. The Bertz CT molecular complexity index is 273. The van der Waals surface area contributed by atoms with E-state index in [2.05, 4.69) is 5.32 Å². The van der Waals surface area contributed by atoms with Gasteiger partial charge < -0.3 is 20.5 Å². The average molecular weight is 272 g/mol. The third-order valence-corrected chi connectivity index (χ3v) is 4.07. The lowest BCUT2D eigenvalue weighted by Gasteiger charge is -2.30. The lowest BCUT2D eigenvalue weighted by Crippen LogP contribution is -2.41. The summed E-state index contributed by atoms with van der Waals surface area (Å²) in [4.78, 5) is 12.1. The lowest BCUT2D eigenvalue weighted by molar-refractivity contribution is -0.127. The van der Waals surface area contributed by atoms with Gasteiger partial charge in [0.25, 0.3) is 0 Å². The minimum absolute atomic E-state index is 0.0198. The predicted octanol–water partition coefficient (Wildman–Crippen LogP) is 0.918. The Morgan fingerprint density at radius 1 is 1.42 bits per heavy atom. The van der Waals surface area contributed by atoms with Crippen LogP contribution in [0.1, 0.15) is 32.6 Å². The van der Waals surface area contributed by atoms with E-state index >= 15 is 0 Å². The van der Waals surface area contributed by atoms with Gasteiger partial charge in [-0.2, -0.15) is 0 Å². The molecule has 112 valence electrons. The standard InChI is InChI=1S/C14H28N2O3/c1-10(11-5-4-6-12(15)7-11)14(17)16-8-13(19-3)9-18-2/h10-13H,4-9,15H2,1-3H3,(H,16,17). The zero-order valence-electron chi connectivity index (χ0n) is 12.4. The Kier molecular flexibility index (Phi) is 7.34. The van der Waals surface area contributed by atoms with E-state index in [1.165, 1.54) is 0 Å². The molecule has 0 bridgehead atoms. The second-order valence-corrected chi connectivity index (χ2v) is 5.53. The highest BCUT2D eigenvalue weighted by molar-refractivity contribution is 5.78. The number of rotatable bonds is 7. The van der Waals surface area contributed by atoms with Crippen molar-refractivity contribution in [2.45, 2.75) is 44.8 Å². The third kappa shape index (κ3) is 5.47. The zero-order valence-corrected chi connectivity index (χ0v) is 12.4. The van der Waals surface area contributed by atoms with E-state index in [0.717, 1.165) is 25.7 Å². The molecule has 0 aliphatic heterocycles. The molecular formula is C14H28N2O3. The normalized spacial score (nSPS) is 26.7. The molecule has 0 radical (unpaired) electrons. The Labute approximate surface area is 116 Å². The van der Waals surface area contributed by atoms with E-state index < -0.39 is 0 Å². The second kappa shape index (κ2) is 8.51. The average Bonchev–Trinajstić information content (AvgIpc) is 2.42. The van der Waals surface area contributed by atoms with Crippen LogP contribution in [0.15, 0.2) is 0 Å². The fourth-order valence-corrected chi connectivity index (χ4v) is 2.71. The highest BCUT2D eigenvalue weighted by Gasteiger charge is 2.28. The van der Waals surface area contributed by atoms with Crippen molar-refractivity contribution in [3.05, 3.63) is 0 Å². The predicted molar refractivity (Wildman–Crippen MR) is 74.8 cm³/mol. The molecule has 5 heteroatoms. The Hall–Kier alpha value is -0.650. The third-order valence-electron chi connectivity index (χ3n) is 4.07. The molecule has 1 rings (SSSR count). The van der Waals surface area contributed by atoms with Crippen molar-refractivity contribution in [3.63, 3.8) is 0 Å². The number of nitrogens with one attached hydrogen (secondary N) is 1. The van der Waals surface area contributed by atoms with Gasteiger partial charge in [-0.15, -0.1) is 0 Å². The Morgan fingerprint density at radius 3 is 2.74 bits per heavy atom. The summed E-state index contributed by atoms with van der Waals surface area (Å²) in [7, 11) is 3.25. The molecule has 4 unspecified atom stereocenters. The molecule has 1 aliphatic rings. The van der Waals surface area contributed by atoms with E-state index in [4.69, 9.17) is 15.2 Å². The van der Waals surface area contributed by atoms with Crippen LogP contribution in [0.4, 0.5) is 0 Å². The van der Waals surface area contributed by atoms with Gasteiger partial charge in [0.1, 0.15) is 0 Å². The number of hydrogen-bond donors (Lipinski definition) is 2. The molecule has 1 saturated carbocycles. The zero-order chi connectivity index (χ0) is 14.3. The van der Waals surface area contributed by atoms with Gasteiger partial charge in [-0.1, -0.05) is 13.3 Å². The number of nitrogens with two attached hydrogens (primary N) is 1. The summed E-state index contributed by atoms with van der Waals surface area (Å²) in [5.41, 5.74) is 5.98. The molecule has 0 spiro atoms. The minimum Gasteiger partial charge on any atom is -0.382 e. The van der Waals surface area contributed by atoms with Gasteiger partial charge in [-0.3, -0.25) is 4.79 Å². The molecule has 0 aromatic rings. The second-order valence-electron chi connectivity index (χ2n) is 5.53. The number of amides is 1. The van der Waals surface area contributed by atoms with Gasteiger partial charge in [0, 0.05) is 32.7 Å². The van der Waals surface area contributed by atoms with Crippen molar-refractivity contribution in [1.29, 1.82) is 0 Å². The number of hydrogen-bond acceptors (Lipinski definition) is 4. The number of carbonyl (C=O) groups excluding carboxylic acids is 1. The number of methoxy groups -OCH3 is 2. The maximum atomic E-state index is 12.1. The van der Waals surface area contributed by atoms with Crippen molar-refractivity contribution in [1.82, 2.24) is 5.32 Å². The van der Waals surface area contributed by atoms with Gasteiger partial charge in [-0.05, 0) is 25.2 Å². The monoisotopic (exact) mass is 272 g/mol. The Balaban J connectivity index is 2.35. The minimum atomic E-state index is -0.0882. The highest BCUT2D eigenvalue weighted by Crippen LogP contribution is 2.29. The molecule has 1 amide bonds. The lowest BCUT2D eigenvalue weighted by atomic mass is 9.78. The molecule has 0 saturated heterocycles. The molecule has 5 nitrogen and oxygen atoms in total. The summed E-state index contributed by atoms with van der Waals surface area (Å²) >= 11 is 0. The van der Waals surface area contributed by atoms with Crippen LogP contribution in [0.2, 0.25) is 0 Å². The van der Waals surface area contributed by atoms with Crippen LogP contribution >= 0.6 is 0 Å². The molecule has 19 heavy (non-hydrogen) atoms. The first-order valence-electron chi connectivity index (χ1n) is 7.13. The SMILES string of the molecule is COCC(CNC(=O)C(C)C1CCCC(N)C1)OC. The van der Waals surface area contributed by atoms with E-state index in [1.807, 2.05) is 6.92 Å². The largest absolute Gasteiger partial charge is 0.382 e. The first kappa shape index (κ1) is 16.4. The summed E-state index contributed by atoms with van der Waals surface area (Å²) in [6.07, 6.45) is 4.20. The number of carbonyl (C=O) groups is 1. The summed E-state index contributed by atoms with van der Waals surface area (Å²) in [5.74, 6) is 0.524. The van der Waals surface area contributed by atoms with Crippen molar-refractivity contribution < 1.29 is 14.3 Å². The summed E-state index contributed by atoms with van der Waals surface area (Å²) in [6.45, 7) is 2.97. The summed E-state index contributed by atoms with van der Waals surface area (Å²) in [6, 6.07) is 0.259. The first-order valence-corrected chi connectivity index (χ1v) is 7.13. The van der Waals surface area contributed by atoms with Crippen LogP contribution in [-0.2, 0) is 14.3 Å². The van der Waals surface area contributed by atoms with Crippen LogP contribution in [0.5, 0.6) is 0 Å². The van der Waals surface area contributed by atoms with Crippen molar-refractivity contribution >= 4 is 5.91 Å². The molecule has 0 aromatic heterocycles.